The van der Waals surface area contributed by atoms with Crippen LogP contribution in [-0.2, 0) is 0 Å². The number of hydrogen-bond acceptors (Lipinski definition) is 5. The summed E-state index contributed by atoms with van der Waals surface area (Å²) in [6.07, 6.45) is 0. The van der Waals surface area contributed by atoms with E-state index in [1.807, 2.05) is 54.6 Å². The Morgan fingerprint density at radius 1 is 0.750 bits per heavy atom. The summed E-state index contributed by atoms with van der Waals surface area (Å²) in [5.41, 5.74) is 15.6. The topological polar surface area (TPSA) is 99.6 Å². The lowest BCUT2D eigenvalue weighted by Gasteiger charge is -2.23. The van der Waals surface area contributed by atoms with Crippen LogP contribution in [0.25, 0.3) is 11.1 Å². The molecule has 0 aromatic heterocycles. The van der Waals surface area contributed by atoms with Crippen molar-refractivity contribution in [1.29, 1.82) is 10.5 Å². The number of benzene rings is 2. The number of rotatable bonds is 2. The fourth-order valence-corrected chi connectivity index (χ4v) is 3.51. The van der Waals surface area contributed by atoms with Crippen LogP contribution >= 0.6 is 11.8 Å². The number of nitrogens with zero attached hydrogens (tertiary/aromatic N) is 2. The summed E-state index contributed by atoms with van der Waals surface area (Å²) in [6.45, 7) is 0. The third kappa shape index (κ3) is 2.74. The van der Waals surface area contributed by atoms with Gasteiger partial charge in [0.1, 0.15) is 0 Å². The van der Waals surface area contributed by atoms with Crippen molar-refractivity contribution in [3.63, 3.8) is 0 Å². The molecule has 0 atom stereocenters. The molecule has 4 N–H and O–H groups in total. The summed E-state index contributed by atoms with van der Waals surface area (Å²) in [5.74, 6) is -0.508. The first-order valence-corrected chi connectivity index (χ1v) is 8.10. The number of allylic oxidation sites excluding steroid dienone is 2. The van der Waals surface area contributed by atoms with E-state index < -0.39 is 5.92 Å². The largest absolute Gasteiger partial charge is 0.392 e. The van der Waals surface area contributed by atoms with Gasteiger partial charge in [-0.25, -0.2) is 0 Å². The minimum Gasteiger partial charge on any atom is -0.392 e. The van der Waals surface area contributed by atoms with Gasteiger partial charge in [-0.15, -0.1) is 0 Å². The van der Waals surface area contributed by atoms with Gasteiger partial charge in [0.05, 0.1) is 39.3 Å². The molecule has 0 spiro atoms. The van der Waals surface area contributed by atoms with Crippen molar-refractivity contribution in [2.75, 3.05) is 0 Å². The predicted octanol–water partition coefficient (Wildman–Crippen LogP) is 3.57. The van der Waals surface area contributed by atoms with Gasteiger partial charge in [-0.05, 0) is 16.7 Å². The summed E-state index contributed by atoms with van der Waals surface area (Å²) >= 11 is 1.07. The van der Waals surface area contributed by atoms with E-state index in [-0.39, 0.29) is 0 Å². The lowest BCUT2D eigenvalue weighted by atomic mass is 9.85. The Kier molecular flexibility index (Phi) is 4.29. The maximum atomic E-state index is 9.45. The zero-order valence-electron chi connectivity index (χ0n) is 12.7. The SMILES string of the molecule is N#CC1=C(N)SC(N)=C(C#N)C1c1ccc(-c2ccccc2)cc1. The normalized spacial score (nSPS) is 15.1. The van der Waals surface area contributed by atoms with Crippen molar-refractivity contribution in [2.24, 2.45) is 11.5 Å². The second-order valence-corrected chi connectivity index (χ2v) is 6.39. The maximum Gasteiger partial charge on any atom is 0.0985 e. The Morgan fingerprint density at radius 2 is 1.25 bits per heavy atom. The fraction of sp³-hybridized carbons (Fsp3) is 0.0526. The van der Waals surface area contributed by atoms with Crippen molar-refractivity contribution in [1.82, 2.24) is 0 Å². The van der Waals surface area contributed by atoms with Crippen LogP contribution < -0.4 is 11.5 Å². The molecular weight excluding hydrogens is 316 g/mol. The molecule has 5 heteroatoms. The number of thioether (sulfide) groups is 1. The average molecular weight is 330 g/mol. The smallest absolute Gasteiger partial charge is 0.0985 e. The first-order chi connectivity index (χ1) is 11.7. The molecule has 0 amide bonds. The predicted molar refractivity (Wildman–Crippen MR) is 95.9 cm³/mol. The fourth-order valence-electron chi connectivity index (χ4n) is 2.73. The highest BCUT2D eigenvalue weighted by molar-refractivity contribution is 8.06. The lowest BCUT2D eigenvalue weighted by Crippen LogP contribution is -2.18. The van der Waals surface area contributed by atoms with Crippen molar-refractivity contribution in [2.45, 2.75) is 5.92 Å². The first-order valence-electron chi connectivity index (χ1n) is 7.28. The van der Waals surface area contributed by atoms with Crippen LogP contribution in [0.1, 0.15) is 11.5 Å². The van der Waals surface area contributed by atoms with Crippen LogP contribution in [0.5, 0.6) is 0 Å². The molecular formula is C19H14N4S. The Labute approximate surface area is 144 Å². The second kappa shape index (κ2) is 6.54. The first kappa shape index (κ1) is 15.7. The van der Waals surface area contributed by atoms with Gasteiger partial charge < -0.3 is 11.5 Å². The van der Waals surface area contributed by atoms with Crippen LogP contribution in [0.4, 0.5) is 0 Å². The van der Waals surface area contributed by atoms with E-state index in [1.54, 1.807) is 0 Å². The third-order valence-corrected chi connectivity index (χ3v) is 4.80. The second-order valence-electron chi connectivity index (χ2n) is 5.30. The molecule has 24 heavy (non-hydrogen) atoms. The van der Waals surface area contributed by atoms with Crippen molar-refractivity contribution in [3.05, 3.63) is 81.4 Å². The molecule has 2 aromatic carbocycles. The Bertz CT molecular complexity index is 877. The molecule has 0 radical (unpaired) electrons. The molecule has 0 saturated carbocycles. The highest BCUT2D eigenvalue weighted by atomic mass is 32.2. The molecule has 1 heterocycles. The molecule has 4 nitrogen and oxygen atoms in total. The van der Waals surface area contributed by atoms with E-state index in [1.165, 1.54) is 0 Å². The zero-order valence-corrected chi connectivity index (χ0v) is 13.5. The van der Waals surface area contributed by atoms with Crippen LogP contribution in [-0.4, -0.2) is 0 Å². The monoisotopic (exact) mass is 330 g/mol. The van der Waals surface area contributed by atoms with Gasteiger partial charge in [0.2, 0.25) is 0 Å². The molecule has 0 unspecified atom stereocenters. The molecule has 0 saturated heterocycles. The minimum absolute atomic E-state index is 0.353. The van der Waals surface area contributed by atoms with Crippen LogP contribution in [0.15, 0.2) is 75.8 Å². The summed E-state index contributed by atoms with van der Waals surface area (Å²) in [6, 6.07) is 22.0. The highest BCUT2D eigenvalue weighted by Crippen LogP contribution is 2.43. The third-order valence-electron chi connectivity index (χ3n) is 3.92. The summed E-state index contributed by atoms with van der Waals surface area (Å²) in [7, 11) is 0. The van der Waals surface area contributed by atoms with Gasteiger partial charge in [-0.3, -0.25) is 0 Å². The molecule has 0 fully saturated rings. The number of nitrogens with two attached hydrogens (primary N) is 2. The molecule has 1 aliphatic rings. The summed E-state index contributed by atoms with van der Waals surface area (Å²) < 4.78 is 0. The van der Waals surface area contributed by atoms with Crippen LogP contribution in [0.2, 0.25) is 0 Å². The van der Waals surface area contributed by atoms with Crippen molar-refractivity contribution < 1.29 is 0 Å². The van der Waals surface area contributed by atoms with E-state index in [0.29, 0.717) is 21.2 Å². The molecule has 0 bridgehead atoms. The zero-order chi connectivity index (χ0) is 17.1. The minimum atomic E-state index is -0.508. The van der Waals surface area contributed by atoms with Gasteiger partial charge in [0.25, 0.3) is 0 Å². The summed E-state index contributed by atoms with van der Waals surface area (Å²) in [5, 5.41) is 19.6. The number of hydrogen-bond donors (Lipinski definition) is 2. The quantitative estimate of drug-likeness (QED) is 0.877. The van der Waals surface area contributed by atoms with Crippen molar-refractivity contribution in [3.8, 4) is 23.3 Å². The van der Waals surface area contributed by atoms with Crippen LogP contribution in [0.3, 0.4) is 0 Å². The van der Waals surface area contributed by atoms with E-state index in [0.717, 1.165) is 28.5 Å². The molecule has 3 rings (SSSR count). The van der Waals surface area contributed by atoms with Gasteiger partial charge in [-0.1, -0.05) is 66.4 Å². The standard InChI is InChI=1S/C19H14N4S/c20-10-15-17(16(11-21)19(23)24-18(15)22)14-8-6-13(7-9-14)12-4-2-1-3-5-12/h1-9,17H,22-23H2. The van der Waals surface area contributed by atoms with E-state index in [2.05, 4.69) is 12.1 Å². The Balaban J connectivity index is 2.05. The Hall–Kier alpha value is -3.15. The van der Waals surface area contributed by atoms with E-state index in [4.69, 9.17) is 11.5 Å². The molecule has 0 aliphatic carbocycles. The van der Waals surface area contributed by atoms with E-state index in [9.17, 15) is 10.5 Å². The van der Waals surface area contributed by atoms with Crippen LogP contribution in [0, 0.1) is 22.7 Å². The van der Waals surface area contributed by atoms with E-state index >= 15 is 0 Å². The Morgan fingerprint density at radius 3 is 1.75 bits per heavy atom. The molecule has 116 valence electrons. The summed E-state index contributed by atoms with van der Waals surface area (Å²) in [4.78, 5) is 0. The molecule has 2 aromatic rings. The maximum absolute atomic E-state index is 9.45. The molecule has 1 aliphatic heterocycles. The van der Waals surface area contributed by atoms with Gasteiger partial charge >= 0.3 is 0 Å². The lowest BCUT2D eigenvalue weighted by molar-refractivity contribution is 0.958. The average Bonchev–Trinajstić information content (AvgIpc) is 2.62. The van der Waals surface area contributed by atoms with Gasteiger partial charge in [-0.2, -0.15) is 10.5 Å². The highest BCUT2D eigenvalue weighted by Gasteiger charge is 2.30. The van der Waals surface area contributed by atoms with Gasteiger partial charge in [0, 0.05) is 0 Å². The van der Waals surface area contributed by atoms with Gasteiger partial charge in [0.15, 0.2) is 0 Å². The number of nitriles is 2. The van der Waals surface area contributed by atoms with Crippen molar-refractivity contribution >= 4 is 11.8 Å².